The summed E-state index contributed by atoms with van der Waals surface area (Å²) in [5, 5.41) is 3.24. The minimum Gasteiger partial charge on any atom is -0.310 e. The van der Waals surface area contributed by atoms with Crippen LogP contribution in [0.2, 0.25) is 5.02 Å². The number of nitrogens with one attached hydrogen (secondary N) is 1. The van der Waals surface area contributed by atoms with E-state index in [1.54, 1.807) is 12.1 Å². The number of halogens is 3. The number of benzene rings is 1. The van der Waals surface area contributed by atoms with Crippen molar-refractivity contribution in [2.24, 2.45) is 0 Å². The van der Waals surface area contributed by atoms with E-state index in [2.05, 4.69) is 5.32 Å². The molecule has 0 saturated carbocycles. The van der Waals surface area contributed by atoms with Gasteiger partial charge in [0.2, 0.25) is 0 Å². The molecule has 90 valence electrons. The molecule has 0 aliphatic rings. The van der Waals surface area contributed by atoms with Gasteiger partial charge in [0.05, 0.1) is 11.7 Å². The molecule has 0 spiro atoms. The quantitative estimate of drug-likeness (QED) is 0.753. The predicted molar refractivity (Wildman–Crippen MR) is 63.0 cm³/mol. The van der Waals surface area contributed by atoms with Gasteiger partial charge in [0.15, 0.2) is 0 Å². The molecule has 1 unspecified atom stereocenters. The van der Waals surface area contributed by atoms with Crippen LogP contribution >= 0.6 is 11.6 Å². The highest BCUT2D eigenvalue weighted by atomic mass is 35.5. The third-order valence-corrected chi connectivity index (χ3v) is 2.76. The van der Waals surface area contributed by atoms with E-state index in [1.807, 2.05) is 6.92 Å². The lowest BCUT2D eigenvalue weighted by Crippen LogP contribution is -2.23. The molecule has 0 fully saturated rings. The zero-order valence-corrected chi connectivity index (χ0v) is 10.0. The van der Waals surface area contributed by atoms with Crippen LogP contribution < -0.4 is 5.32 Å². The Morgan fingerprint density at radius 2 is 2.19 bits per heavy atom. The van der Waals surface area contributed by atoms with Crippen molar-refractivity contribution in [2.45, 2.75) is 25.8 Å². The van der Waals surface area contributed by atoms with Crippen LogP contribution in [0.25, 0.3) is 0 Å². The molecule has 0 heterocycles. The Bertz CT molecular complexity index is 331. The number of alkyl halides is 1. The maximum Gasteiger partial charge on any atom is 0.146 e. The second kappa shape index (κ2) is 6.81. The average Bonchev–Trinajstić information content (AvgIpc) is 2.29. The molecule has 0 aromatic heterocycles. The minimum absolute atomic E-state index is 0.106. The van der Waals surface area contributed by atoms with Crippen LogP contribution in [0.15, 0.2) is 18.2 Å². The predicted octanol–water partition coefficient (Wildman–Crippen LogP) is 3.88. The van der Waals surface area contributed by atoms with Gasteiger partial charge in [-0.3, -0.25) is 4.39 Å². The molecular weight excluding hydrogens is 232 g/mol. The van der Waals surface area contributed by atoms with Crippen LogP contribution in [0.1, 0.15) is 31.4 Å². The Morgan fingerprint density at radius 1 is 1.44 bits per heavy atom. The molecule has 1 aromatic rings. The highest BCUT2D eigenvalue weighted by molar-refractivity contribution is 6.30. The molecule has 1 atom stereocenters. The molecule has 0 aliphatic heterocycles. The fourth-order valence-electron chi connectivity index (χ4n) is 1.61. The third-order valence-electron chi connectivity index (χ3n) is 2.47. The summed E-state index contributed by atoms with van der Waals surface area (Å²) in [5.74, 6) is -0.385. The van der Waals surface area contributed by atoms with Crippen molar-refractivity contribution in [1.82, 2.24) is 5.32 Å². The van der Waals surface area contributed by atoms with E-state index in [-0.39, 0.29) is 23.6 Å². The summed E-state index contributed by atoms with van der Waals surface area (Å²) in [5.41, 5.74) is 0.550. The van der Waals surface area contributed by atoms with Crippen molar-refractivity contribution in [1.29, 1.82) is 0 Å². The van der Waals surface area contributed by atoms with Gasteiger partial charge in [-0.25, -0.2) is 4.39 Å². The third kappa shape index (κ3) is 3.42. The van der Waals surface area contributed by atoms with Crippen molar-refractivity contribution in [3.8, 4) is 0 Å². The van der Waals surface area contributed by atoms with Gasteiger partial charge in [0.25, 0.3) is 0 Å². The molecule has 1 nitrogen and oxygen atoms in total. The first-order chi connectivity index (χ1) is 7.70. The van der Waals surface area contributed by atoms with Crippen LogP contribution in [0.3, 0.4) is 0 Å². The second-order valence-electron chi connectivity index (χ2n) is 3.60. The van der Waals surface area contributed by atoms with Gasteiger partial charge < -0.3 is 5.32 Å². The summed E-state index contributed by atoms with van der Waals surface area (Å²) in [4.78, 5) is 0. The number of hydrogen-bond acceptors (Lipinski definition) is 1. The Labute approximate surface area is 99.8 Å². The Hall–Kier alpha value is -0.670. The number of rotatable bonds is 6. The van der Waals surface area contributed by atoms with Gasteiger partial charge in [-0.2, -0.15) is 0 Å². The summed E-state index contributed by atoms with van der Waals surface area (Å²) in [6.07, 6.45) is 1.18. The van der Waals surface area contributed by atoms with Gasteiger partial charge in [0.1, 0.15) is 5.82 Å². The fourth-order valence-corrected chi connectivity index (χ4v) is 1.79. The summed E-state index contributed by atoms with van der Waals surface area (Å²) < 4.78 is 25.7. The lowest BCUT2D eigenvalue weighted by Gasteiger charge is -2.18. The van der Waals surface area contributed by atoms with E-state index in [4.69, 9.17) is 11.6 Å². The smallest absolute Gasteiger partial charge is 0.146 e. The van der Waals surface area contributed by atoms with E-state index in [1.165, 1.54) is 6.07 Å². The molecule has 16 heavy (non-hydrogen) atoms. The second-order valence-corrected chi connectivity index (χ2v) is 4.01. The Kier molecular flexibility index (Phi) is 5.71. The molecule has 1 rings (SSSR count). The topological polar surface area (TPSA) is 12.0 Å². The maximum absolute atomic E-state index is 13.7. The van der Waals surface area contributed by atoms with Crippen molar-refractivity contribution < 1.29 is 8.78 Å². The van der Waals surface area contributed by atoms with Crippen LogP contribution in [0.5, 0.6) is 0 Å². The first-order valence-electron chi connectivity index (χ1n) is 5.44. The highest BCUT2D eigenvalue weighted by Crippen LogP contribution is 2.25. The van der Waals surface area contributed by atoms with Gasteiger partial charge >= 0.3 is 0 Å². The van der Waals surface area contributed by atoms with Gasteiger partial charge in [-0.05, 0) is 25.5 Å². The standard InChI is InChI=1S/C12H16ClF2N/c1-2-11(16-8-4-7-14)9-5-3-6-10(13)12(9)15/h3,5-6,11,16H,2,4,7-8H2,1H3. The molecule has 0 bridgehead atoms. The lowest BCUT2D eigenvalue weighted by atomic mass is 10.0. The van der Waals surface area contributed by atoms with Crippen LogP contribution in [0.4, 0.5) is 8.78 Å². The van der Waals surface area contributed by atoms with Crippen molar-refractivity contribution in [3.05, 3.63) is 34.6 Å². The normalized spacial score (nSPS) is 12.8. The van der Waals surface area contributed by atoms with Crippen molar-refractivity contribution in [3.63, 3.8) is 0 Å². The SMILES string of the molecule is CCC(NCCCF)c1cccc(Cl)c1F. The molecule has 1 N–H and O–H groups in total. The molecule has 4 heteroatoms. The van der Waals surface area contributed by atoms with E-state index in [9.17, 15) is 8.78 Å². The van der Waals surface area contributed by atoms with Gasteiger partial charge in [-0.15, -0.1) is 0 Å². The van der Waals surface area contributed by atoms with Gasteiger partial charge in [0, 0.05) is 11.6 Å². The maximum atomic E-state index is 13.7. The molecule has 0 saturated heterocycles. The molecule has 0 aliphatic carbocycles. The fraction of sp³-hybridized carbons (Fsp3) is 0.500. The summed E-state index contributed by atoms with van der Waals surface area (Å²) >= 11 is 5.71. The Balaban J connectivity index is 2.74. The van der Waals surface area contributed by atoms with E-state index in [0.29, 0.717) is 18.5 Å². The van der Waals surface area contributed by atoms with E-state index < -0.39 is 0 Å². The van der Waals surface area contributed by atoms with Crippen LogP contribution in [-0.4, -0.2) is 13.2 Å². The summed E-state index contributed by atoms with van der Waals surface area (Å²) in [7, 11) is 0. The monoisotopic (exact) mass is 247 g/mol. The average molecular weight is 248 g/mol. The van der Waals surface area contributed by atoms with Crippen LogP contribution in [-0.2, 0) is 0 Å². The van der Waals surface area contributed by atoms with E-state index >= 15 is 0 Å². The lowest BCUT2D eigenvalue weighted by molar-refractivity contribution is 0.428. The first kappa shape index (κ1) is 13.4. The highest BCUT2D eigenvalue weighted by Gasteiger charge is 2.14. The first-order valence-corrected chi connectivity index (χ1v) is 5.81. The van der Waals surface area contributed by atoms with Crippen molar-refractivity contribution in [2.75, 3.05) is 13.2 Å². The zero-order valence-electron chi connectivity index (χ0n) is 9.27. The molecule has 0 radical (unpaired) electrons. The van der Waals surface area contributed by atoms with Crippen LogP contribution in [0, 0.1) is 5.82 Å². The zero-order chi connectivity index (χ0) is 12.0. The summed E-state index contributed by atoms with van der Waals surface area (Å²) in [6.45, 7) is 2.13. The molecule has 0 amide bonds. The van der Waals surface area contributed by atoms with E-state index in [0.717, 1.165) is 6.42 Å². The van der Waals surface area contributed by atoms with Gasteiger partial charge in [-0.1, -0.05) is 30.7 Å². The molecule has 1 aromatic carbocycles. The minimum atomic E-state index is -0.385. The molecular formula is C12H16ClF2N. The van der Waals surface area contributed by atoms with Crippen molar-refractivity contribution >= 4 is 11.6 Å². The Morgan fingerprint density at radius 3 is 2.81 bits per heavy atom. The number of hydrogen-bond donors (Lipinski definition) is 1. The largest absolute Gasteiger partial charge is 0.310 e. The summed E-state index contributed by atoms with van der Waals surface area (Å²) in [6, 6.07) is 4.84.